The van der Waals surface area contributed by atoms with Gasteiger partial charge in [-0.25, -0.2) is 10.8 Å². The molecular formula is C10H15N5O. The zero-order valence-electron chi connectivity index (χ0n) is 8.86. The Kier molecular flexibility index (Phi) is 3.21. The SMILES string of the molecule is NNc1cc(NCC2CCC(=O)N2)ccn1. The molecule has 16 heavy (non-hydrogen) atoms. The van der Waals surface area contributed by atoms with E-state index in [0.29, 0.717) is 12.2 Å². The maximum absolute atomic E-state index is 11.0. The lowest BCUT2D eigenvalue weighted by molar-refractivity contribution is -0.119. The lowest BCUT2D eigenvalue weighted by atomic mass is 10.2. The van der Waals surface area contributed by atoms with Crippen molar-refractivity contribution in [2.75, 3.05) is 17.3 Å². The van der Waals surface area contributed by atoms with Crippen molar-refractivity contribution in [2.45, 2.75) is 18.9 Å². The molecule has 0 spiro atoms. The largest absolute Gasteiger partial charge is 0.383 e. The van der Waals surface area contributed by atoms with Crippen molar-refractivity contribution in [3.63, 3.8) is 0 Å². The minimum absolute atomic E-state index is 0.130. The van der Waals surface area contributed by atoms with Gasteiger partial charge in [0.15, 0.2) is 0 Å². The number of hydrazine groups is 1. The lowest BCUT2D eigenvalue weighted by Crippen LogP contribution is -2.31. The third-order valence-corrected chi connectivity index (χ3v) is 2.55. The summed E-state index contributed by atoms with van der Waals surface area (Å²) in [5.74, 6) is 6.00. The Morgan fingerprint density at radius 1 is 1.62 bits per heavy atom. The van der Waals surface area contributed by atoms with Crippen molar-refractivity contribution in [1.82, 2.24) is 10.3 Å². The number of amides is 1. The number of aromatic nitrogens is 1. The van der Waals surface area contributed by atoms with Crippen LogP contribution in [0.1, 0.15) is 12.8 Å². The standard InChI is InChI=1S/C10H15N5O/c11-15-9-5-7(3-4-12-9)13-6-8-1-2-10(16)14-8/h3-5,8H,1-2,6,11H2,(H,14,16)(H2,12,13,15). The predicted molar refractivity (Wildman–Crippen MR) is 61.7 cm³/mol. The van der Waals surface area contributed by atoms with Crippen LogP contribution in [0, 0.1) is 0 Å². The summed E-state index contributed by atoms with van der Waals surface area (Å²) in [5.41, 5.74) is 3.42. The Morgan fingerprint density at radius 2 is 2.50 bits per heavy atom. The van der Waals surface area contributed by atoms with Gasteiger partial charge in [0.05, 0.1) is 0 Å². The number of nitrogen functional groups attached to an aromatic ring is 1. The molecule has 1 aromatic heterocycles. The maximum atomic E-state index is 11.0. The molecule has 86 valence electrons. The number of pyridine rings is 1. The zero-order valence-corrected chi connectivity index (χ0v) is 8.86. The smallest absolute Gasteiger partial charge is 0.220 e. The molecular weight excluding hydrogens is 206 g/mol. The fraction of sp³-hybridized carbons (Fsp3) is 0.400. The summed E-state index contributed by atoms with van der Waals surface area (Å²) < 4.78 is 0. The first-order valence-corrected chi connectivity index (χ1v) is 5.24. The average Bonchev–Trinajstić information content (AvgIpc) is 2.73. The average molecular weight is 221 g/mol. The van der Waals surface area contributed by atoms with Crippen molar-refractivity contribution < 1.29 is 4.79 Å². The van der Waals surface area contributed by atoms with E-state index in [0.717, 1.165) is 18.7 Å². The minimum atomic E-state index is 0.130. The van der Waals surface area contributed by atoms with Gasteiger partial charge in [-0.2, -0.15) is 0 Å². The molecule has 1 saturated heterocycles. The molecule has 1 aliphatic heterocycles. The molecule has 0 aliphatic carbocycles. The first-order chi connectivity index (χ1) is 7.78. The molecule has 6 nitrogen and oxygen atoms in total. The van der Waals surface area contributed by atoms with Crippen molar-refractivity contribution in [2.24, 2.45) is 5.84 Å². The van der Waals surface area contributed by atoms with E-state index in [4.69, 9.17) is 5.84 Å². The molecule has 1 fully saturated rings. The number of nitrogens with zero attached hydrogens (tertiary/aromatic N) is 1. The summed E-state index contributed by atoms with van der Waals surface area (Å²) in [7, 11) is 0. The molecule has 0 bridgehead atoms. The number of nitrogens with two attached hydrogens (primary N) is 1. The van der Waals surface area contributed by atoms with Gasteiger partial charge in [0.1, 0.15) is 5.82 Å². The molecule has 2 rings (SSSR count). The van der Waals surface area contributed by atoms with Gasteiger partial charge in [-0.05, 0) is 12.5 Å². The van der Waals surface area contributed by atoms with Crippen LogP contribution in [0.15, 0.2) is 18.3 Å². The van der Waals surface area contributed by atoms with E-state index in [9.17, 15) is 4.79 Å². The van der Waals surface area contributed by atoms with Crippen LogP contribution in [0.2, 0.25) is 0 Å². The van der Waals surface area contributed by atoms with E-state index < -0.39 is 0 Å². The summed E-state index contributed by atoms with van der Waals surface area (Å²) >= 11 is 0. The molecule has 1 aromatic rings. The third kappa shape index (κ3) is 2.60. The summed E-state index contributed by atoms with van der Waals surface area (Å²) in [6.07, 6.45) is 3.18. The number of rotatable bonds is 4. The molecule has 0 radical (unpaired) electrons. The van der Waals surface area contributed by atoms with Gasteiger partial charge in [0.2, 0.25) is 5.91 Å². The summed E-state index contributed by atoms with van der Waals surface area (Å²) in [6.45, 7) is 0.722. The highest BCUT2D eigenvalue weighted by Crippen LogP contribution is 2.12. The van der Waals surface area contributed by atoms with Gasteiger partial charge < -0.3 is 16.1 Å². The lowest BCUT2D eigenvalue weighted by Gasteiger charge is -2.12. The van der Waals surface area contributed by atoms with E-state index in [1.807, 2.05) is 12.1 Å². The van der Waals surface area contributed by atoms with Crippen LogP contribution in [0.4, 0.5) is 11.5 Å². The number of nitrogens with one attached hydrogen (secondary N) is 3. The van der Waals surface area contributed by atoms with E-state index in [1.54, 1.807) is 6.20 Å². The number of anilines is 2. The van der Waals surface area contributed by atoms with Crippen LogP contribution in [0.3, 0.4) is 0 Å². The van der Waals surface area contributed by atoms with Crippen molar-refractivity contribution in [3.05, 3.63) is 18.3 Å². The molecule has 1 atom stereocenters. The molecule has 6 heteroatoms. The Balaban J connectivity index is 1.87. The normalized spacial score (nSPS) is 19.3. The molecule has 1 aliphatic rings. The second-order valence-electron chi connectivity index (χ2n) is 3.76. The monoisotopic (exact) mass is 221 g/mol. The van der Waals surface area contributed by atoms with Crippen LogP contribution in [-0.2, 0) is 4.79 Å². The van der Waals surface area contributed by atoms with E-state index in [1.165, 1.54) is 0 Å². The van der Waals surface area contributed by atoms with Crippen molar-refractivity contribution in [3.8, 4) is 0 Å². The predicted octanol–water partition coefficient (Wildman–Crippen LogP) is 0.0577. The quantitative estimate of drug-likeness (QED) is 0.426. The van der Waals surface area contributed by atoms with Crippen LogP contribution in [0.5, 0.6) is 0 Å². The number of hydrogen-bond acceptors (Lipinski definition) is 5. The Morgan fingerprint density at radius 3 is 3.19 bits per heavy atom. The molecule has 0 saturated carbocycles. The van der Waals surface area contributed by atoms with E-state index >= 15 is 0 Å². The summed E-state index contributed by atoms with van der Waals surface area (Å²) in [5, 5.41) is 6.13. The van der Waals surface area contributed by atoms with Crippen LogP contribution in [0.25, 0.3) is 0 Å². The van der Waals surface area contributed by atoms with Crippen LogP contribution in [-0.4, -0.2) is 23.5 Å². The van der Waals surface area contributed by atoms with Gasteiger partial charge in [0.25, 0.3) is 0 Å². The fourth-order valence-corrected chi connectivity index (χ4v) is 1.69. The van der Waals surface area contributed by atoms with Gasteiger partial charge in [0, 0.05) is 37.0 Å². The molecule has 2 heterocycles. The van der Waals surface area contributed by atoms with Crippen LogP contribution < -0.4 is 21.9 Å². The summed E-state index contributed by atoms with van der Waals surface area (Å²) in [6, 6.07) is 3.89. The van der Waals surface area contributed by atoms with Crippen molar-refractivity contribution in [1.29, 1.82) is 0 Å². The zero-order chi connectivity index (χ0) is 11.4. The van der Waals surface area contributed by atoms with Crippen molar-refractivity contribution >= 4 is 17.4 Å². The minimum Gasteiger partial charge on any atom is -0.383 e. The van der Waals surface area contributed by atoms with Gasteiger partial charge in [-0.3, -0.25) is 4.79 Å². The Bertz CT molecular complexity index is 381. The highest BCUT2D eigenvalue weighted by atomic mass is 16.1. The molecule has 5 N–H and O–H groups in total. The summed E-state index contributed by atoms with van der Waals surface area (Å²) in [4.78, 5) is 15.0. The second-order valence-corrected chi connectivity index (χ2v) is 3.76. The number of hydrogen-bond donors (Lipinski definition) is 4. The van der Waals surface area contributed by atoms with Gasteiger partial charge >= 0.3 is 0 Å². The first kappa shape index (κ1) is 10.7. The topological polar surface area (TPSA) is 92.1 Å². The Hall–Kier alpha value is -1.82. The Labute approximate surface area is 93.6 Å². The number of carbonyl (C=O) groups is 1. The third-order valence-electron chi connectivity index (χ3n) is 2.55. The first-order valence-electron chi connectivity index (χ1n) is 5.24. The van der Waals surface area contributed by atoms with Crippen LogP contribution >= 0.6 is 0 Å². The molecule has 1 unspecified atom stereocenters. The second kappa shape index (κ2) is 4.80. The van der Waals surface area contributed by atoms with E-state index in [2.05, 4.69) is 21.0 Å². The van der Waals surface area contributed by atoms with Gasteiger partial charge in [-0.15, -0.1) is 0 Å². The molecule has 1 amide bonds. The van der Waals surface area contributed by atoms with E-state index in [-0.39, 0.29) is 11.9 Å². The number of carbonyl (C=O) groups excluding carboxylic acids is 1. The fourth-order valence-electron chi connectivity index (χ4n) is 1.69. The highest BCUT2D eigenvalue weighted by molar-refractivity contribution is 5.78. The van der Waals surface area contributed by atoms with Gasteiger partial charge in [-0.1, -0.05) is 0 Å². The maximum Gasteiger partial charge on any atom is 0.220 e. The highest BCUT2D eigenvalue weighted by Gasteiger charge is 2.19. The molecule has 0 aromatic carbocycles.